The number of anilines is 1. The molecule has 11 heteroatoms. The number of carbonyl (C=O) groups excluding carboxylic acids is 3. The molecule has 0 aliphatic rings. The first kappa shape index (κ1) is 22.9. The lowest BCUT2D eigenvalue weighted by atomic mass is 10.2. The van der Waals surface area contributed by atoms with E-state index in [2.05, 4.69) is 15.6 Å². The third kappa shape index (κ3) is 6.89. The van der Waals surface area contributed by atoms with Gasteiger partial charge in [0, 0.05) is 13.1 Å². The van der Waals surface area contributed by atoms with E-state index in [0.29, 0.717) is 17.8 Å². The number of hydrogen-bond donors (Lipinski definition) is 2. The van der Waals surface area contributed by atoms with Crippen LogP contribution in [0.1, 0.15) is 18.1 Å². The topological polar surface area (TPSA) is 97.4 Å². The number of aromatic nitrogens is 1. The fraction of sp³-hybridized carbons (Fsp3) is 0.158. The van der Waals surface area contributed by atoms with Gasteiger partial charge in [-0.3, -0.25) is 9.59 Å². The number of pyridine rings is 1. The highest BCUT2D eigenvalue weighted by Crippen LogP contribution is 2.32. The molecule has 2 aromatic rings. The fourth-order valence-corrected chi connectivity index (χ4v) is 2.33. The summed E-state index contributed by atoms with van der Waals surface area (Å²) < 4.78 is 42.7. The quantitative estimate of drug-likeness (QED) is 0.529. The Morgan fingerprint density at radius 1 is 1.20 bits per heavy atom. The Bertz CT molecular complexity index is 979. The molecule has 1 heterocycles. The lowest BCUT2D eigenvalue weighted by Gasteiger charge is -2.11. The standard InChI is InChI=1S/C19H15ClF3N3O4/c1-11(27)25-15(7-12-5-3-2-4-6-12)18(29)30-10-16(28)26-17-14(20)8-13(9-24-17)19(21,22)23/h2-9H,10H2,1H3,(H,25,27)(H,24,26,28)/b15-7-. The minimum atomic E-state index is -4.64. The van der Waals surface area contributed by atoms with Crippen LogP contribution >= 0.6 is 11.6 Å². The molecular formula is C19H15ClF3N3O4. The van der Waals surface area contributed by atoms with E-state index in [1.807, 2.05) is 0 Å². The van der Waals surface area contributed by atoms with Crippen LogP contribution in [-0.2, 0) is 25.3 Å². The van der Waals surface area contributed by atoms with Crippen LogP contribution in [0.2, 0.25) is 5.02 Å². The molecule has 0 radical (unpaired) electrons. The Hall–Kier alpha value is -3.40. The number of benzene rings is 1. The first-order valence-corrected chi connectivity index (χ1v) is 8.68. The van der Waals surface area contributed by atoms with Crippen molar-refractivity contribution in [1.82, 2.24) is 10.3 Å². The molecule has 0 unspecified atom stereocenters. The summed E-state index contributed by atoms with van der Waals surface area (Å²) in [5, 5.41) is 4.01. The van der Waals surface area contributed by atoms with Gasteiger partial charge in [0.1, 0.15) is 5.70 Å². The maximum absolute atomic E-state index is 12.6. The zero-order valence-electron chi connectivity index (χ0n) is 15.4. The number of alkyl halides is 3. The first-order valence-electron chi connectivity index (χ1n) is 8.30. The summed E-state index contributed by atoms with van der Waals surface area (Å²) in [4.78, 5) is 38.9. The van der Waals surface area contributed by atoms with E-state index in [4.69, 9.17) is 16.3 Å². The summed E-state index contributed by atoms with van der Waals surface area (Å²) in [7, 11) is 0. The van der Waals surface area contributed by atoms with E-state index in [9.17, 15) is 27.6 Å². The van der Waals surface area contributed by atoms with E-state index < -0.39 is 41.2 Å². The second kappa shape index (κ2) is 9.88. The molecule has 0 aliphatic carbocycles. The van der Waals surface area contributed by atoms with E-state index >= 15 is 0 Å². The van der Waals surface area contributed by atoms with Crippen LogP contribution in [-0.4, -0.2) is 29.4 Å². The monoisotopic (exact) mass is 441 g/mol. The molecule has 1 aromatic carbocycles. The Morgan fingerprint density at radius 3 is 2.43 bits per heavy atom. The minimum Gasteiger partial charge on any atom is -0.451 e. The molecule has 0 aliphatic heterocycles. The Kier molecular flexibility index (Phi) is 7.54. The number of hydrogen-bond acceptors (Lipinski definition) is 5. The van der Waals surface area contributed by atoms with Crippen molar-refractivity contribution in [3.63, 3.8) is 0 Å². The second-order valence-electron chi connectivity index (χ2n) is 5.83. The number of ether oxygens (including phenoxy) is 1. The number of halogens is 4. The molecule has 0 bridgehead atoms. The van der Waals surface area contributed by atoms with Gasteiger partial charge in [-0.2, -0.15) is 13.2 Å². The van der Waals surface area contributed by atoms with Crippen LogP contribution in [0.25, 0.3) is 6.08 Å². The Balaban J connectivity index is 2.02. The van der Waals surface area contributed by atoms with E-state index in [1.54, 1.807) is 30.3 Å². The van der Waals surface area contributed by atoms with Gasteiger partial charge in [-0.05, 0) is 17.7 Å². The SMILES string of the molecule is CC(=O)N/C(=C\c1ccccc1)C(=O)OCC(=O)Nc1ncc(C(F)(F)F)cc1Cl. The Labute approximate surface area is 173 Å². The van der Waals surface area contributed by atoms with Gasteiger partial charge in [0.05, 0.1) is 10.6 Å². The second-order valence-corrected chi connectivity index (χ2v) is 6.23. The number of esters is 1. The van der Waals surface area contributed by atoms with Gasteiger partial charge in [0.25, 0.3) is 5.91 Å². The summed E-state index contributed by atoms with van der Waals surface area (Å²) in [6.45, 7) is 0.403. The highest BCUT2D eigenvalue weighted by atomic mass is 35.5. The van der Waals surface area contributed by atoms with Gasteiger partial charge in [-0.15, -0.1) is 0 Å². The molecule has 1 aromatic heterocycles. The number of rotatable bonds is 6. The van der Waals surface area contributed by atoms with Crippen molar-refractivity contribution >= 4 is 41.3 Å². The third-order valence-corrected chi connectivity index (χ3v) is 3.69. The maximum Gasteiger partial charge on any atom is 0.417 e. The number of nitrogens with one attached hydrogen (secondary N) is 2. The zero-order valence-corrected chi connectivity index (χ0v) is 16.2. The number of nitrogens with zero attached hydrogens (tertiary/aromatic N) is 1. The molecule has 0 atom stereocenters. The summed E-state index contributed by atoms with van der Waals surface area (Å²) in [5.74, 6) is -2.73. The third-order valence-electron chi connectivity index (χ3n) is 3.40. The normalized spacial score (nSPS) is 11.6. The van der Waals surface area contributed by atoms with Crippen LogP contribution < -0.4 is 10.6 Å². The fourth-order valence-electron chi connectivity index (χ4n) is 2.11. The molecular weight excluding hydrogens is 427 g/mol. The molecule has 0 saturated carbocycles. The summed E-state index contributed by atoms with van der Waals surface area (Å²) in [6.07, 6.45) is -2.78. The molecule has 0 spiro atoms. The van der Waals surface area contributed by atoms with Gasteiger partial charge >= 0.3 is 12.1 Å². The van der Waals surface area contributed by atoms with Crippen LogP contribution in [0.5, 0.6) is 0 Å². The molecule has 2 amide bonds. The summed E-state index contributed by atoms with van der Waals surface area (Å²) >= 11 is 5.70. The molecule has 158 valence electrons. The van der Waals surface area contributed by atoms with Crippen molar-refractivity contribution in [3.8, 4) is 0 Å². The van der Waals surface area contributed by atoms with E-state index in [1.165, 1.54) is 13.0 Å². The molecule has 0 fully saturated rings. The van der Waals surface area contributed by atoms with Gasteiger partial charge < -0.3 is 15.4 Å². The first-order chi connectivity index (χ1) is 14.1. The van der Waals surface area contributed by atoms with Crippen molar-refractivity contribution in [2.75, 3.05) is 11.9 Å². The smallest absolute Gasteiger partial charge is 0.417 e. The highest BCUT2D eigenvalue weighted by Gasteiger charge is 2.31. The van der Waals surface area contributed by atoms with Crippen molar-refractivity contribution in [2.45, 2.75) is 13.1 Å². The number of carbonyl (C=O) groups is 3. The maximum atomic E-state index is 12.6. The summed E-state index contributed by atoms with van der Waals surface area (Å²) in [5.41, 5.74) is -0.682. The van der Waals surface area contributed by atoms with Gasteiger partial charge in [0.2, 0.25) is 5.91 Å². The van der Waals surface area contributed by atoms with Crippen molar-refractivity contribution in [2.24, 2.45) is 0 Å². The van der Waals surface area contributed by atoms with Crippen LogP contribution in [0.4, 0.5) is 19.0 Å². The Morgan fingerprint density at radius 2 is 1.87 bits per heavy atom. The van der Waals surface area contributed by atoms with Crippen molar-refractivity contribution in [1.29, 1.82) is 0 Å². The van der Waals surface area contributed by atoms with Gasteiger partial charge in [0.15, 0.2) is 12.4 Å². The van der Waals surface area contributed by atoms with Crippen LogP contribution in [0.15, 0.2) is 48.3 Å². The molecule has 2 N–H and O–H groups in total. The van der Waals surface area contributed by atoms with Crippen LogP contribution in [0, 0.1) is 0 Å². The average Bonchev–Trinajstić information content (AvgIpc) is 2.67. The minimum absolute atomic E-state index is 0.202. The average molecular weight is 442 g/mol. The highest BCUT2D eigenvalue weighted by molar-refractivity contribution is 6.33. The molecule has 7 nitrogen and oxygen atoms in total. The van der Waals surface area contributed by atoms with Crippen LogP contribution in [0.3, 0.4) is 0 Å². The summed E-state index contributed by atoms with van der Waals surface area (Å²) in [6, 6.07) is 9.17. The lowest BCUT2D eigenvalue weighted by Crippen LogP contribution is -2.29. The lowest BCUT2D eigenvalue weighted by molar-refractivity contribution is -0.144. The molecule has 2 rings (SSSR count). The van der Waals surface area contributed by atoms with E-state index in [0.717, 1.165) is 0 Å². The van der Waals surface area contributed by atoms with Crippen molar-refractivity contribution < 1.29 is 32.3 Å². The zero-order chi connectivity index (χ0) is 22.3. The predicted molar refractivity (Wildman–Crippen MR) is 102 cm³/mol. The molecule has 30 heavy (non-hydrogen) atoms. The predicted octanol–water partition coefficient (Wildman–Crippen LogP) is 3.41. The molecule has 0 saturated heterocycles. The van der Waals surface area contributed by atoms with Gasteiger partial charge in [-0.1, -0.05) is 41.9 Å². The largest absolute Gasteiger partial charge is 0.451 e. The van der Waals surface area contributed by atoms with E-state index in [-0.39, 0.29) is 11.5 Å². The van der Waals surface area contributed by atoms with Gasteiger partial charge in [-0.25, -0.2) is 9.78 Å². The van der Waals surface area contributed by atoms with Crippen molar-refractivity contribution in [3.05, 3.63) is 64.4 Å². The number of amides is 2.